The second kappa shape index (κ2) is 9.20. The summed E-state index contributed by atoms with van der Waals surface area (Å²) in [6.45, 7) is 3.40. The zero-order valence-electron chi connectivity index (χ0n) is 18.0. The van der Waals surface area contributed by atoms with Crippen LogP contribution in [0.3, 0.4) is 0 Å². The highest BCUT2D eigenvalue weighted by Gasteiger charge is 2.36. The molecule has 0 unspecified atom stereocenters. The van der Waals surface area contributed by atoms with Crippen molar-refractivity contribution in [3.05, 3.63) is 59.7 Å². The number of carbonyl (C=O) groups excluding carboxylic acids is 2. The Balaban J connectivity index is 1.79. The number of ether oxygens (including phenoxy) is 2. The minimum absolute atomic E-state index is 0.00360. The molecular weight excluding hydrogens is 398 g/mol. The SMILES string of the molecule is COC(=O)CCN(C(=O)OCC1c2ccccc2-c2ccccc21)C(C)(C)CC(=O)O. The van der Waals surface area contributed by atoms with Gasteiger partial charge in [0, 0.05) is 12.5 Å². The van der Waals surface area contributed by atoms with Crippen LogP contribution in [-0.4, -0.2) is 53.8 Å². The first-order valence-electron chi connectivity index (χ1n) is 10.2. The molecule has 0 saturated carbocycles. The van der Waals surface area contributed by atoms with Gasteiger partial charge in [-0.15, -0.1) is 0 Å². The number of rotatable bonds is 8. The molecule has 0 saturated heterocycles. The number of amides is 1. The summed E-state index contributed by atoms with van der Waals surface area (Å²) >= 11 is 0. The number of nitrogens with zero attached hydrogens (tertiary/aromatic N) is 1. The number of aliphatic carboxylic acids is 1. The summed E-state index contributed by atoms with van der Waals surface area (Å²) in [4.78, 5) is 37.2. The Bertz CT molecular complexity index is 938. The Morgan fingerprint density at radius 1 is 1.00 bits per heavy atom. The third-order valence-electron chi connectivity index (χ3n) is 5.64. The van der Waals surface area contributed by atoms with Crippen LogP contribution in [0.2, 0.25) is 0 Å². The largest absolute Gasteiger partial charge is 0.481 e. The molecule has 2 aromatic rings. The number of hydrogen-bond donors (Lipinski definition) is 1. The number of fused-ring (bicyclic) bond motifs is 3. The standard InChI is InChI=1S/C24H27NO6/c1-24(2,14-21(26)27)25(13-12-22(28)30-3)23(29)31-15-20-18-10-6-4-8-16(18)17-9-5-7-11-19(17)20/h4-11,20H,12-15H2,1-3H3,(H,26,27). The van der Waals surface area contributed by atoms with Crippen LogP contribution in [0, 0.1) is 0 Å². The van der Waals surface area contributed by atoms with Gasteiger partial charge in [-0.3, -0.25) is 9.59 Å². The van der Waals surface area contributed by atoms with E-state index < -0.39 is 23.6 Å². The fraction of sp³-hybridized carbons (Fsp3) is 0.375. The third-order valence-corrected chi connectivity index (χ3v) is 5.64. The van der Waals surface area contributed by atoms with Gasteiger partial charge in [-0.1, -0.05) is 48.5 Å². The maximum absolute atomic E-state index is 13.0. The van der Waals surface area contributed by atoms with Crippen LogP contribution >= 0.6 is 0 Å². The minimum atomic E-state index is -1.04. The monoisotopic (exact) mass is 425 g/mol. The van der Waals surface area contributed by atoms with E-state index in [2.05, 4.69) is 16.9 Å². The Morgan fingerprint density at radius 3 is 2.06 bits per heavy atom. The molecule has 1 aliphatic carbocycles. The van der Waals surface area contributed by atoms with Gasteiger partial charge in [-0.05, 0) is 36.1 Å². The molecule has 0 radical (unpaired) electrons. The lowest BCUT2D eigenvalue weighted by Gasteiger charge is -2.36. The first kappa shape index (κ1) is 22.3. The maximum Gasteiger partial charge on any atom is 0.410 e. The highest BCUT2D eigenvalue weighted by atomic mass is 16.6. The normalized spacial score (nSPS) is 12.6. The number of benzene rings is 2. The average Bonchev–Trinajstić information content (AvgIpc) is 3.05. The van der Waals surface area contributed by atoms with Gasteiger partial charge in [0.1, 0.15) is 6.61 Å². The van der Waals surface area contributed by atoms with Crippen molar-refractivity contribution in [2.24, 2.45) is 0 Å². The van der Waals surface area contributed by atoms with E-state index in [-0.39, 0.29) is 31.9 Å². The third kappa shape index (κ3) is 4.87. The lowest BCUT2D eigenvalue weighted by molar-refractivity contribution is -0.141. The first-order valence-corrected chi connectivity index (χ1v) is 10.2. The van der Waals surface area contributed by atoms with E-state index in [1.54, 1.807) is 13.8 Å². The van der Waals surface area contributed by atoms with Gasteiger partial charge in [0.05, 0.1) is 25.5 Å². The molecule has 1 amide bonds. The number of methoxy groups -OCH3 is 1. The fourth-order valence-corrected chi connectivity index (χ4v) is 4.08. The predicted molar refractivity (Wildman–Crippen MR) is 115 cm³/mol. The van der Waals surface area contributed by atoms with E-state index in [9.17, 15) is 19.5 Å². The Kier molecular flexibility index (Phi) is 6.63. The molecular formula is C24H27NO6. The summed E-state index contributed by atoms with van der Waals surface area (Å²) in [6.07, 6.45) is -0.987. The molecule has 0 heterocycles. The topological polar surface area (TPSA) is 93.1 Å². The smallest absolute Gasteiger partial charge is 0.410 e. The van der Waals surface area contributed by atoms with Crippen molar-refractivity contribution in [2.45, 2.75) is 38.1 Å². The molecule has 7 heteroatoms. The van der Waals surface area contributed by atoms with Gasteiger partial charge >= 0.3 is 18.0 Å². The summed E-state index contributed by atoms with van der Waals surface area (Å²) < 4.78 is 10.3. The van der Waals surface area contributed by atoms with E-state index in [1.807, 2.05) is 36.4 Å². The number of esters is 1. The first-order chi connectivity index (χ1) is 14.7. The van der Waals surface area contributed by atoms with Crippen LogP contribution < -0.4 is 0 Å². The van der Waals surface area contributed by atoms with Crippen molar-refractivity contribution in [3.63, 3.8) is 0 Å². The number of hydrogen-bond acceptors (Lipinski definition) is 5. The number of carboxylic acids is 1. The highest BCUT2D eigenvalue weighted by molar-refractivity contribution is 5.79. The van der Waals surface area contributed by atoms with E-state index in [1.165, 1.54) is 12.0 Å². The van der Waals surface area contributed by atoms with Crippen LogP contribution in [0.15, 0.2) is 48.5 Å². The van der Waals surface area contributed by atoms with Crippen molar-refractivity contribution >= 4 is 18.0 Å². The van der Waals surface area contributed by atoms with E-state index in [0.717, 1.165) is 22.3 Å². The quantitative estimate of drug-likeness (QED) is 0.642. The Hall–Kier alpha value is -3.35. The van der Waals surface area contributed by atoms with Gasteiger partial charge in [-0.2, -0.15) is 0 Å². The molecule has 2 aromatic carbocycles. The summed E-state index contributed by atoms with van der Waals surface area (Å²) in [5, 5.41) is 9.25. The maximum atomic E-state index is 13.0. The number of carboxylic acid groups (broad SMARTS) is 1. The molecule has 1 aliphatic rings. The predicted octanol–water partition coefficient (Wildman–Crippen LogP) is 4.05. The van der Waals surface area contributed by atoms with Crippen molar-refractivity contribution in [1.82, 2.24) is 4.90 Å². The van der Waals surface area contributed by atoms with Crippen LogP contribution in [-0.2, 0) is 19.1 Å². The molecule has 0 aromatic heterocycles. The minimum Gasteiger partial charge on any atom is -0.481 e. The van der Waals surface area contributed by atoms with E-state index in [4.69, 9.17) is 4.74 Å². The summed E-state index contributed by atoms with van der Waals surface area (Å²) in [6, 6.07) is 16.0. The molecule has 0 bridgehead atoms. The molecule has 0 atom stereocenters. The summed E-state index contributed by atoms with van der Waals surface area (Å²) in [7, 11) is 1.27. The molecule has 1 N–H and O–H groups in total. The van der Waals surface area contributed by atoms with Crippen LogP contribution in [0.25, 0.3) is 11.1 Å². The molecule has 31 heavy (non-hydrogen) atoms. The number of carbonyl (C=O) groups is 3. The van der Waals surface area contributed by atoms with Crippen LogP contribution in [0.5, 0.6) is 0 Å². The average molecular weight is 425 g/mol. The van der Waals surface area contributed by atoms with Gasteiger partial charge in [0.15, 0.2) is 0 Å². The molecule has 3 rings (SSSR count). The van der Waals surface area contributed by atoms with Crippen molar-refractivity contribution in [3.8, 4) is 11.1 Å². The highest BCUT2D eigenvalue weighted by Crippen LogP contribution is 2.44. The van der Waals surface area contributed by atoms with Gasteiger partial charge in [0.25, 0.3) is 0 Å². The summed E-state index contributed by atoms with van der Waals surface area (Å²) in [5.74, 6) is -1.64. The van der Waals surface area contributed by atoms with Gasteiger partial charge < -0.3 is 19.5 Å². The van der Waals surface area contributed by atoms with Crippen LogP contribution in [0.1, 0.15) is 43.7 Å². The second-order valence-corrected chi connectivity index (χ2v) is 8.16. The van der Waals surface area contributed by atoms with Crippen LogP contribution in [0.4, 0.5) is 4.79 Å². The Morgan fingerprint density at radius 2 is 1.55 bits per heavy atom. The van der Waals surface area contributed by atoms with Crippen molar-refractivity contribution in [1.29, 1.82) is 0 Å². The second-order valence-electron chi connectivity index (χ2n) is 8.16. The van der Waals surface area contributed by atoms with E-state index in [0.29, 0.717) is 0 Å². The van der Waals surface area contributed by atoms with Gasteiger partial charge in [-0.25, -0.2) is 4.79 Å². The molecule has 0 spiro atoms. The molecule has 7 nitrogen and oxygen atoms in total. The summed E-state index contributed by atoms with van der Waals surface area (Å²) in [5.41, 5.74) is 3.37. The lowest BCUT2D eigenvalue weighted by Crippen LogP contribution is -2.50. The molecule has 0 aliphatic heterocycles. The van der Waals surface area contributed by atoms with Crippen molar-refractivity contribution < 1.29 is 29.0 Å². The van der Waals surface area contributed by atoms with Gasteiger partial charge in [0.2, 0.25) is 0 Å². The molecule has 164 valence electrons. The Labute approximate surface area is 181 Å². The van der Waals surface area contributed by atoms with Crippen molar-refractivity contribution in [2.75, 3.05) is 20.3 Å². The lowest BCUT2D eigenvalue weighted by atomic mass is 9.97. The van der Waals surface area contributed by atoms with E-state index >= 15 is 0 Å². The molecule has 0 fully saturated rings. The zero-order valence-corrected chi connectivity index (χ0v) is 18.0. The zero-order chi connectivity index (χ0) is 22.6. The fourth-order valence-electron chi connectivity index (χ4n) is 4.08.